The van der Waals surface area contributed by atoms with Crippen LogP contribution >= 0.6 is 0 Å². The molecule has 0 aromatic heterocycles. The predicted octanol–water partition coefficient (Wildman–Crippen LogP) is 0.299. The lowest BCUT2D eigenvalue weighted by Gasteiger charge is -2.30. The van der Waals surface area contributed by atoms with Crippen LogP contribution in [0.5, 0.6) is 0 Å². The van der Waals surface area contributed by atoms with Crippen LogP contribution in [0, 0.1) is 5.92 Å². The van der Waals surface area contributed by atoms with Gasteiger partial charge in [-0.25, -0.2) is 8.42 Å². The zero-order chi connectivity index (χ0) is 11.5. The van der Waals surface area contributed by atoms with E-state index in [0.717, 1.165) is 19.3 Å². The van der Waals surface area contributed by atoms with Gasteiger partial charge in [0.05, 0.1) is 17.1 Å². The molecule has 0 saturated carbocycles. The third-order valence-corrected chi connectivity index (χ3v) is 5.61. The fourth-order valence-corrected chi connectivity index (χ4v) is 4.30. The highest BCUT2D eigenvalue weighted by Crippen LogP contribution is 2.26. The highest BCUT2D eigenvalue weighted by atomic mass is 32.2. The normalized spacial score (nSPS) is 29.7. The highest BCUT2D eigenvalue weighted by Gasteiger charge is 2.37. The van der Waals surface area contributed by atoms with Crippen molar-refractivity contribution in [1.29, 1.82) is 0 Å². The number of rotatable bonds is 4. The average molecular weight is 235 g/mol. The van der Waals surface area contributed by atoms with Crippen molar-refractivity contribution in [3.05, 3.63) is 0 Å². The average Bonchev–Trinajstić information content (AvgIpc) is 2.18. The summed E-state index contributed by atoms with van der Waals surface area (Å²) in [5.74, 6) is 0.123. The van der Waals surface area contributed by atoms with E-state index in [4.69, 9.17) is 5.73 Å². The van der Waals surface area contributed by atoms with E-state index in [-0.39, 0.29) is 11.7 Å². The van der Waals surface area contributed by atoms with E-state index in [2.05, 4.69) is 0 Å². The largest absolute Gasteiger partial charge is 0.391 e. The molecule has 5 heteroatoms. The second-order valence-corrected chi connectivity index (χ2v) is 6.64. The summed E-state index contributed by atoms with van der Waals surface area (Å²) in [5.41, 5.74) is 5.52. The molecule has 0 amide bonds. The molecule has 0 radical (unpaired) electrons. The van der Waals surface area contributed by atoms with Gasteiger partial charge in [-0.2, -0.15) is 0 Å². The molecule has 15 heavy (non-hydrogen) atoms. The van der Waals surface area contributed by atoms with Crippen molar-refractivity contribution in [1.82, 2.24) is 0 Å². The number of aliphatic hydroxyl groups is 1. The van der Waals surface area contributed by atoms with Crippen molar-refractivity contribution < 1.29 is 13.5 Å². The maximum atomic E-state index is 11.8. The quantitative estimate of drug-likeness (QED) is 0.734. The van der Waals surface area contributed by atoms with Crippen molar-refractivity contribution in [2.45, 2.75) is 44.0 Å². The Morgan fingerprint density at radius 1 is 1.47 bits per heavy atom. The van der Waals surface area contributed by atoms with E-state index in [9.17, 15) is 13.5 Å². The molecule has 1 aliphatic rings. The zero-order valence-corrected chi connectivity index (χ0v) is 10.0. The number of nitrogens with two attached hydrogens (primary N) is 1. The van der Waals surface area contributed by atoms with Gasteiger partial charge >= 0.3 is 0 Å². The molecule has 0 aromatic carbocycles. The van der Waals surface area contributed by atoms with Crippen LogP contribution in [0.25, 0.3) is 0 Å². The summed E-state index contributed by atoms with van der Waals surface area (Å²) in [4.78, 5) is 0. The third kappa shape index (κ3) is 2.92. The Balaban J connectivity index is 2.76. The second kappa shape index (κ2) is 5.27. The minimum Gasteiger partial charge on any atom is -0.391 e. The summed E-state index contributed by atoms with van der Waals surface area (Å²) in [5, 5.41) is 9.43. The van der Waals surface area contributed by atoms with Crippen LogP contribution in [0.15, 0.2) is 0 Å². The van der Waals surface area contributed by atoms with Gasteiger partial charge < -0.3 is 10.8 Å². The number of hydrogen-bond acceptors (Lipinski definition) is 4. The molecule has 1 rings (SSSR count). The van der Waals surface area contributed by atoms with Crippen LogP contribution in [-0.2, 0) is 9.84 Å². The summed E-state index contributed by atoms with van der Waals surface area (Å²) in [6.07, 6.45) is 2.14. The van der Waals surface area contributed by atoms with E-state index in [1.165, 1.54) is 0 Å². The first-order valence-electron chi connectivity index (χ1n) is 5.62. The standard InChI is InChI=1S/C10H21NO3S/c1-2-8(7-11)10(12)9-5-3-4-6-15(9,13)14/h8-10,12H,2-7,11H2,1H3. The summed E-state index contributed by atoms with van der Waals surface area (Å²) < 4.78 is 23.5. The fraction of sp³-hybridized carbons (Fsp3) is 1.00. The lowest BCUT2D eigenvalue weighted by atomic mass is 9.94. The van der Waals surface area contributed by atoms with E-state index >= 15 is 0 Å². The smallest absolute Gasteiger partial charge is 0.155 e. The molecule has 1 saturated heterocycles. The molecule has 4 nitrogen and oxygen atoms in total. The van der Waals surface area contributed by atoms with Gasteiger partial charge in [0.15, 0.2) is 9.84 Å². The molecule has 3 N–H and O–H groups in total. The lowest BCUT2D eigenvalue weighted by molar-refractivity contribution is 0.0992. The van der Waals surface area contributed by atoms with Gasteiger partial charge in [0.25, 0.3) is 0 Å². The fourth-order valence-electron chi connectivity index (χ4n) is 2.21. The van der Waals surface area contributed by atoms with Crippen LogP contribution in [0.4, 0.5) is 0 Å². The van der Waals surface area contributed by atoms with Crippen LogP contribution in [-0.4, -0.2) is 37.2 Å². The maximum absolute atomic E-state index is 11.8. The minimum atomic E-state index is -3.09. The monoisotopic (exact) mass is 235 g/mol. The molecule has 0 spiro atoms. The van der Waals surface area contributed by atoms with E-state index < -0.39 is 21.2 Å². The Hall–Kier alpha value is -0.130. The maximum Gasteiger partial charge on any atom is 0.155 e. The molecule has 3 atom stereocenters. The van der Waals surface area contributed by atoms with Gasteiger partial charge in [-0.3, -0.25) is 0 Å². The third-order valence-electron chi connectivity index (χ3n) is 3.32. The van der Waals surface area contributed by atoms with Gasteiger partial charge in [-0.1, -0.05) is 13.3 Å². The molecule has 3 unspecified atom stereocenters. The first kappa shape index (κ1) is 12.9. The number of sulfone groups is 1. The van der Waals surface area contributed by atoms with E-state index in [1.54, 1.807) is 0 Å². The Kier molecular flexibility index (Phi) is 4.55. The van der Waals surface area contributed by atoms with Crippen LogP contribution < -0.4 is 5.73 Å². The molecular formula is C10H21NO3S. The van der Waals surface area contributed by atoms with Gasteiger partial charge in [0, 0.05) is 0 Å². The van der Waals surface area contributed by atoms with Gasteiger partial charge in [0.1, 0.15) is 0 Å². The molecule has 1 fully saturated rings. The minimum absolute atomic E-state index is 0.0946. The van der Waals surface area contributed by atoms with Gasteiger partial charge in [-0.05, 0) is 31.7 Å². The van der Waals surface area contributed by atoms with Crippen molar-refractivity contribution in [2.75, 3.05) is 12.3 Å². The zero-order valence-electron chi connectivity index (χ0n) is 9.22. The second-order valence-electron chi connectivity index (χ2n) is 4.30. The van der Waals surface area contributed by atoms with E-state index in [0.29, 0.717) is 13.0 Å². The van der Waals surface area contributed by atoms with Gasteiger partial charge in [0.2, 0.25) is 0 Å². The molecule has 1 aliphatic heterocycles. The first-order valence-corrected chi connectivity index (χ1v) is 7.34. The molecule has 1 heterocycles. The van der Waals surface area contributed by atoms with Crippen LogP contribution in [0.2, 0.25) is 0 Å². The summed E-state index contributed by atoms with van der Waals surface area (Å²) in [7, 11) is -3.09. The Labute approximate surface area is 91.8 Å². The summed E-state index contributed by atoms with van der Waals surface area (Å²) in [6.45, 7) is 2.28. The Bertz CT molecular complexity index is 285. The van der Waals surface area contributed by atoms with Gasteiger partial charge in [-0.15, -0.1) is 0 Å². The van der Waals surface area contributed by atoms with Crippen molar-refractivity contribution in [2.24, 2.45) is 11.7 Å². The lowest BCUT2D eigenvalue weighted by Crippen LogP contribution is -2.44. The van der Waals surface area contributed by atoms with Crippen molar-refractivity contribution in [3.63, 3.8) is 0 Å². The SMILES string of the molecule is CCC(CN)C(O)C1CCCCS1(=O)=O. The number of hydrogen-bond donors (Lipinski definition) is 2. The molecular weight excluding hydrogens is 214 g/mol. The Morgan fingerprint density at radius 3 is 2.60 bits per heavy atom. The summed E-state index contributed by atoms with van der Waals surface area (Å²) >= 11 is 0. The molecule has 90 valence electrons. The molecule has 0 aromatic rings. The van der Waals surface area contributed by atoms with Crippen LogP contribution in [0.1, 0.15) is 32.6 Å². The predicted molar refractivity (Wildman–Crippen MR) is 60.3 cm³/mol. The Morgan fingerprint density at radius 2 is 2.13 bits per heavy atom. The summed E-state index contributed by atoms with van der Waals surface area (Å²) in [6, 6.07) is 0. The number of aliphatic hydroxyl groups excluding tert-OH is 1. The van der Waals surface area contributed by atoms with Crippen molar-refractivity contribution >= 4 is 9.84 Å². The molecule has 0 aliphatic carbocycles. The molecule has 0 bridgehead atoms. The first-order chi connectivity index (χ1) is 7.03. The topological polar surface area (TPSA) is 80.4 Å². The highest BCUT2D eigenvalue weighted by molar-refractivity contribution is 7.92. The van der Waals surface area contributed by atoms with E-state index in [1.807, 2.05) is 6.92 Å². The van der Waals surface area contributed by atoms with Crippen molar-refractivity contribution in [3.8, 4) is 0 Å². The van der Waals surface area contributed by atoms with Crippen LogP contribution in [0.3, 0.4) is 0 Å².